The zero-order chi connectivity index (χ0) is 13.1. The van der Waals surface area contributed by atoms with Crippen LogP contribution in [0.1, 0.15) is 15.9 Å². The van der Waals surface area contributed by atoms with Crippen LogP contribution in [0.15, 0.2) is 36.5 Å². The average molecular weight is 245 g/mol. The van der Waals surface area contributed by atoms with Gasteiger partial charge in [-0.05, 0) is 18.6 Å². The number of hydrogen-bond donors (Lipinski definition) is 0. The minimum Gasteiger partial charge on any atom is -0.465 e. The third-order valence-electron chi connectivity index (χ3n) is 2.69. The van der Waals surface area contributed by atoms with E-state index in [1.807, 2.05) is 19.1 Å². The highest BCUT2D eigenvalue weighted by Crippen LogP contribution is 2.25. The van der Waals surface area contributed by atoms with Gasteiger partial charge in [0.2, 0.25) is 0 Å². The first-order valence-corrected chi connectivity index (χ1v) is 5.44. The van der Waals surface area contributed by atoms with Crippen molar-refractivity contribution < 1.29 is 13.9 Å². The van der Waals surface area contributed by atoms with E-state index in [2.05, 4.69) is 9.72 Å². The van der Waals surface area contributed by atoms with Crippen LogP contribution in [0.5, 0.6) is 0 Å². The second-order valence-corrected chi connectivity index (χ2v) is 3.83. The number of carbonyl (C=O) groups excluding carboxylic acids is 1. The summed E-state index contributed by atoms with van der Waals surface area (Å²) in [6.07, 6.45) is 1.40. The average Bonchev–Trinajstić information content (AvgIpc) is 2.39. The monoisotopic (exact) mass is 245 g/mol. The van der Waals surface area contributed by atoms with Crippen molar-refractivity contribution in [2.75, 3.05) is 7.11 Å². The lowest BCUT2D eigenvalue weighted by Gasteiger charge is -2.08. The van der Waals surface area contributed by atoms with Crippen molar-refractivity contribution in [3.63, 3.8) is 0 Å². The molecular weight excluding hydrogens is 233 g/mol. The second kappa shape index (κ2) is 4.96. The van der Waals surface area contributed by atoms with Crippen LogP contribution in [0.25, 0.3) is 11.3 Å². The van der Waals surface area contributed by atoms with Gasteiger partial charge >= 0.3 is 5.97 Å². The lowest BCUT2D eigenvalue weighted by Crippen LogP contribution is -2.06. The van der Waals surface area contributed by atoms with Crippen molar-refractivity contribution in [3.05, 3.63) is 53.5 Å². The van der Waals surface area contributed by atoms with Crippen LogP contribution in [0, 0.1) is 12.7 Å². The van der Waals surface area contributed by atoms with E-state index in [0.29, 0.717) is 5.56 Å². The zero-order valence-corrected chi connectivity index (χ0v) is 10.1. The third-order valence-corrected chi connectivity index (χ3v) is 2.69. The van der Waals surface area contributed by atoms with Crippen molar-refractivity contribution in [2.24, 2.45) is 0 Å². The molecule has 0 aliphatic heterocycles. The Morgan fingerprint density at radius 3 is 2.67 bits per heavy atom. The molecule has 0 atom stereocenters. The van der Waals surface area contributed by atoms with Crippen LogP contribution < -0.4 is 0 Å². The van der Waals surface area contributed by atoms with E-state index in [9.17, 15) is 9.18 Å². The largest absolute Gasteiger partial charge is 0.465 e. The summed E-state index contributed by atoms with van der Waals surface area (Å²) < 4.78 is 18.7. The van der Waals surface area contributed by atoms with Gasteiger partial charge in [0, 0.05) is 11.8 Å². The summed E-state index contributed by atoms with van der Waals surface area (Å²) in [6, 6.07) is 8.60. The Labute approximate surface area is 104 Å². The first kappa shape index (κ1) is 12.2. The van der Waals surface area contributed by atoms with Crippen LogP contribution in [0.3, 0.4) is 0 Å². The van der Waals surface area contributed by atoms with E-state index in [-0.39, 0.29) is 11.3 Å². The normalized spacial score (nSPS) is 10.2. The molecule has 0 radical (unpaired) electrons. The number of carbonyl (C=O) groups is 1. The molecule has 2 aromatic rings. The number of halogens is 1. The number of rotatable bonds is 2. The van der Waals surface area contributed by atoms with Gasteiger partial charge in [-0.25, -0.2) is 9.18 Å². The molecule has 18 heavy (non-hydrogen) atoms. The Morgan fingerprint density at radius 1 is 1.28 bits per heavy atom. The number of aromatic nitrogens is 1. The van der Waals surface area contributed by atoms with Gasteiger partial charge in [-0.15, -0.1) is 0 Å². The molecule has 0 aliphatic carbocycles. The summed E-state index contributed by atoms with van der Waals surface area (Å²) in [4.78, 5) is 15.4. The molecule has 4 heteroatoms. The molecule has 0 saturated carbocycles. The van der Waals surface area contributed by atoms with E-state index in [1.165, 1.54) is 19.4 Å². The van der Waals surface area contributed by atoms with Crippen LogP contribution >= 0.6 is 0 Å². The first-order chi connectivity index (χ1) is 8.65. The lowest BCUT2D eigenvalue weighted by molar-refractivity contribution is 0.0595. The summed E-state index contributed by atoms with van der Waals surface area (Å²) in [5.74, 6) is -1.36. The summed E-state index contributed by atoms with van der Waals surface area (Å²) in [5, 5.41) is 0. The molecule has 0 spiro atoms. The van der Waals surface area contributed by atoms with Gasteiger partial charge in [0.25, 0.3) is 0 Å². The topological polar surface area (TPSA) is 39.2 Å². The third kappa shape index (κ3) is 2.09. The van der Waals surface area contributed by atoms with Crippen LogP contribution in [0.2, 0.25) is 0 Å². The van der Waals surface area contributed by atoms with Crippen molar-refractivity contribution in [2.45, 2.75) is 6.92 Å². The molecule has 0 bridgehead atoms. The zero-order valence-electron chi connectivity index (χ0n) is 10.1. The Kier molecular flexibility index (Phi) is 3.37. The number of pyridine rings is 1. The predicted octanol–water partition coefficient (Wildman–Crippen LogP) is 2.98. The minimum absolute atomic E-state index is 0.106. The Morgan fingerprint density at radius 2 is 2.00 bits per heavy atom. The Bertz CT molecular complexity index is 596. The second-order valence-electron chi connectivity index (χ2n) is 3.83. The number of esters is 1. The minimum atomic E-state index is -0.704. The van der Waals surface area contributed by atoms with E-state index in [0.717, 1.165) is 5.56 Å². The fraction of sp³-hybridized carbons (Fsp3) is 0.143. The highest BCUT2D eigenvalue weighted by atomic mass is 19.1. The van der Waals surface area contributed by atoms with Gasteiger partial charge in [0.15, 0.2) is 5.82 Å². The van der Waals surface area contributed by atoms with Gasteiger partial charge in [-0.3, -0.25) is 4.98 Å². The van der Waals surface area contributed by atoms with E-state index < -0.39 is 11.8 Å². The molecule has 0 amide bonds. The number of hydrogen-bond acceptors (Lipinski definition) is 3. The molecule has 1 heterocycles. The lowest BCUT2D eigenvalue weighted by atomic mass is 10.0. The molecule has 0 unspecified atom stereocenters. The fourth-order valence-electron chi connectivity index (χ4n) is 1.74. The molecule has 2 rings (SSSR count). The van der Waals surface area contributed by atoms with Crippen LogP contribution in [-0.4, -0.2) is 18.1 Å². The van der Waals surface area contributed by atoms with Crippen molar-refractivity contribution in [1.82, 2.24) is 4.98 Å². The maximum Gasteiger partial charge on any atom is 0.340 e. The number of benzene rings is 1. The molecule has 0 aliphatic rings. The molecule has 3 nitrogen and oxygen atoms in total. The van der Waals surface area contributed by atoms with Gasteiger partial charge in [0.05, 0.1) is 12.7 Å². The smallest absolute Gasteiger partial charge is 0.340 e. The molecule has 0 fully saturated rings. The highest BCUT2D eigenvalue weighted by molar-refractivity contribution is 5.91. The molecule has 0 N–H and O–H groups in total. The molecule has 92 valence electrons. The SMILES string of the molecule is COC(=O)c1ccnc(-c2ccccc2C)c1F. The van der Waals surface area contributed by atoms with E-state index in [4.69, 9.17) is 0 Å². The van der Waals surface area contributed by atoms with Gasteiger partial charge < -0.3 is 4.74 Å². The molecule has 1 aromatic heterocycles. The summed E-state index contributed by atoms with van der Waals surface area (Å²) >= 11 is 0. The van der Waals surface area contributed by atoms with Crippen molar-refractivity contribution in [3.8, 4) is 11.3 Å². The number of methoxy groups -OCH3 is 1. The highest BCUT2D eigenvalue weighted by Gasteiger charge is 2.18. The maximum atomic E-state index is 14.2. The predicted molar refractivity (Wildman–Crippen MR) is 65.7 cm³/mol. The number of aryl methyl sites for hydroxylation is 1. The Balaban J connectivity index is 2.60. The van der Waals surface area contributed by atoms with Gasteiger partial charge in [-0.2, -0.15) is 0 Å². The standard InChI is InChI=1S/C14H12FNO2/c1-9-5-3-4-6-10(9)13-12(15)11(7-8-16-13)14(17)18-2/h3-8H,1-2H3. The van der Waals surface area contributed by atoms with Crippen molar-refractivity contribution >= 4 is 5.97 Å². The van der Waals surface area contributed by atoms with Crippen LogP contribution in [-0.2, 0) is 4.74 Å². The number of ether oxygens (including phenoxy) is 1. The van der Waals surface area contributed by atoms with E-state index >= 15 is 0 Å². The molecule has 0 saturated heterocycles. The maximum absolute atomic E-state index is 14.2. The summed E-state index contributed by atoms with van der Waals surface area (Å²) in [6.45, 7) is 1.86. The van der Waals surface area contributed by atoms with Crippen molar-refractivity contribution in [1.29, 1.82) is 0 Å². The van der Waals surface area contributed by atoms with Gasteiger partial charge in [-0.1, -0.05) is 24.3 Å². The van der Waals surface area contributed by atoms with Crippen LogP contribution in [0.4, 0.5) is 4.39 Å². The summed E-state index contributed by atoms with van der Waals surface area (Å²) in [7, 11) is 1.22. The first-order valence-electron chi connectivity index (χ1n) is 5.44. The Hall–Kier alpha value is -2.23. The molecule has 1 aromatic carbocycles. The molecular formula is C14H12FNO2. The quantitative estimate of drug-likeness (QED) is 0.763. The van der Waals surface area contributed by atoms with E-state index in [1.54, 1.807) is 12.1 Å². The number of nitrogens with zero attached hydrogens (tertiary/aromatic N) is 1. The summed E-state index contributed by atoms with van der Waals surface area (Å²) in [5.41, 5.74) is 1.62. The van der Waals surface area contributed by atoms with Gasteiger partial charge in [0.1, 0.15) is 5.69 Å². The fourth-order valence-corrected chi connectivity index (χ4v) is 1.74.